The van der Waals surface area contributed by atoms with E-state index < -0.39 is 29.8 Å². The minimum absolute atomic E-state index is 0.256. The van der Waals surface area contributed by atoms with Gasteiger partial charge in [-0.1, -0.05) is 41.9 Å². The molecule has 0 aliphatic rings. The molecule has 2 atom stereocenters. The van der Waals surface area contributed by atoms with Crippen molar-refractivity contribution in [1.29, 1.82) is 0 Å². The summed E-state index contributed by atoms with van der Waals surface area (Å²) in [6.07, 6.45) is -3.03. The highest BCUT2D eigenvalue weighted by molar-refractivity contribution is 9.10. The number of rotatable bonds is 5. The van der Waals surface area contributed by atoms with Crippen LogP contribution < -0.4 is 0 Å². The van der Waals surface area contributed by atoms with Gasteiger partial charge in [-0.15, -0.1) is 0 Å². The van der Waals surface area contributed by atoms with Crippen LogP contribution in [0, 0.1) is 11.8 Å². The van der Waals surface area contributed by atoms with Crippen LogP contribution in [-0.2, 0) is 15.1 Å². The molecule has 0 heterocycles. The minimum atomic E-state index is -3.03. The highest BCUT2D eigenvalue weighted by atomic mass is 79.9. The van der Waals surface area contributed by atoms with E-state index in [0.717, 1.165) is 11.6 Å². The second-order valence-corrected chi connectivity index (χ2v) is 5.74. The number of carbonyl (C=O) groups is 1. The van der Waals surface area contributed by atoms with E-state index in [1.54, 1.807) is 26.0 Å². The molecule has 0 amide bonds. The number of alkyl halides is 2. The number of aliphatic hydroxyl groups is 1. The van der Waals surface area contributed by atoms with Crippen LogP contribution in [0.3, 0.4) is 0 Å². The van der Waals surface area contributed by atoms with Crippen LogP contribution in [-0.4, -0.2) is 24.6 Å². The molecule has 3 nitrogen and oxygen atoms in total. The maximum atomic E-state index is 13.3. The molecule has 0 saturated carbocycles. The maximum Gasteiger partial charge on any atom is 0.317 e. The Balaban J connectivity index is 3.39. The van der Waals surface area contributed by atoms with Crippen molar-refractivity contribution in [3.05, 3.63) is 34.3 Å². The normalized spacial score (nSPS) is 16.1. The number of methoxy groups -OCH3 is 1. The van der Waals surface area contributed by atoms with Gasteiger partial charge in [0.05, 0.1) is 7.11 Å². The van der Waals surface area contributed by atoms with Crippen LogP contribution in [0.25, 0.3) is 0 Å². The molecule has 20 heavy (non-hydrogen) atoms. The largest absolute Gasteiger partial charge is 0.469 e. The average molecular weight is 351 g/mol. The van der Waals surface area contributed by atoms with Gasteiger partial charge in [0.15, 0.2) is 5.92 Å². The summed E-state index contributed by atoms with van der Waals surface area (Å²) < 4.78 is 31.8. The summed E-state index contributed by atoms with van der Waals surface area (Å²) in [6, 6.07) is 6.29. The Morgan fingerprint density at radius 1 is 1.30 bits per heavy atom. The minimum Gasteiger partial charge on any atom is -0.469 e. The van der Waals surface area contributed by atoms with Gasteiger partial charge in [0.1, 0.15) is 5.60 Å². The zero-order valence-corrected chi connectivity index (χ0v) is 13.0. The highest BCUT2D eigenvalue weighted by Gasteiger charge is 2.51. The van der Waals surface area contributed by atoms with Crippen molar-refractivity contribution >= 4 is 21.9 Å². The van der Waals surface area contributed by atoms with E-state index >= 15 is 0 Å². The van der Waals surface area contributed by atoms with Crippen LogP contribution in [0.4, 0.5) is 8.78 Å². The lowest BCUT2D eigenvalue weighted by Crippen LogP contribution is -2.48. The van der Waals surface area contributed by atoms with Crippen LogP contribution in [0.2, 0.25) is 0 Å². The lowest BCUT2D eigenvalue weighted by molar-refractivity contribution is -0.176. The molecule has 0 radical (unpaired) electrons. The van der Waals surface area contributed by atoms with Crippen molar-refractivity contribution in [2.24, 2.45) is 11.8 Å². The van der Waals surface area contributed by atoms with Crippen molar-refractivity contribution in [2.45, 2.75) is 25.9 Å². The Morgan fingerprint density at radius 2 is 1.80 bits per heavy atom. The summed E-state index contributed by atoms with van der Waals surface area (Å²) in [6.45, 7) is 3.17. The zero-order chi connectivity index (χ0) is 15.5. The smallest absolute Gasteiger partial charge is 0.317 e. The van der Waals surface area contributed by atoms with E-state index in [4.69, 9.17) is 0 Å². The number of ether oxygens (including phenoxy) is 1. The molecular weight excluding hydrogens is 334 g/mol. The van der Waals surface area contributed by atoms with E-state index in [9.17, 15) is 18.7 Å². The van der Waals surface area contributed by atoms with Crippen molar-refractivity contribution in [2.75, 3.05) is 7.11 Å². The molecule has 0 aliphatic carbocycles. The van der Waals surface area contributed by atoms with Crippen molar-refractivity contribution in [3.8, 4) is 0 Å². The van der Waals surface area contributed by atoms with Crippen LogP contribution in [0.1, 0.15) is 19.4 Å². The molecule has 1 rings (SSSR count). The first-order valence-electron chi connectivity index (χ1n) is 6.09. The fourth-order valence-electron chi connectivity index (χ4n) is 2.19. The molecule has 0 spiro atoms. The molecule has 2 unspecified atom stereocenters. The van der Waals surface area contributed by atoms with Gasteiger partial charge in [0.2, 0.25) is 0 Å². The summed E-state index contributed by atoms with van der Waals surface area (Å²) in [5.41, 5.74) is -1.74. The SMILES string of the molecule is COC(=O)C(C(F)F)C(O)(c1ccc(Br)cc1)C(C)C. The van der Waals surface area contributed by atoms with Crippen molar-refractivity contribution < 1.29 is 23.4 Å². The van der Waals surface area contributed by atoms with Crippen LogP contribution in [0.15, 0.2) is 28.7 Å². The second kappa shape index (κ2) is 6.63. The van der Waals surface area contributed by atoms with Gasteiger partial charge in [-0.05, 0) is 23.6 Å². The first kappa shape index (κ1) is 17.0. The van der Waals surface area contributed by atoms with E-state index in [0.29, 0.717) is 0 Å². The van der Waals surface area contributed by atoms with Gasteiger partial charge in [0, 0.05) is 4.47 Å². The molecule has 1 aromatic rings. The standard InChI is InChI=1S/C14H17BrF2O3/c1-8(2)14(19,9-4-6-10(15)7-5-9)11(12(16)17)13(18)20-3/h4-8,11-12,19H,1-3H3. The number of carbonyl (C=O) groups excluding carboxylic acids is 1. The number of esters is 1. The Morgan fingerprint density at radius 3 is 2.15 bits per heavy atom. The van der Waals surface area contributed by atoms with Gasteiger partial charge in [-0.3, -0.25) is 4.79 Å². The molecule has 1 N–H and O–H groups in total. The lowest BCUT2D eigenvalue weighted by Gasteiger charge is -2.38. The van der Waals surface area contributed by atoms with Crippen molar-refractivity contribution in [1.82, 2.24) is 0 Å². The Hall–Kier alpha value is -1.01. The average Bonchev–Trinajstić information content (AvgIpc) is 2.38. The molecule has 0 bridgehead atoms. The third kappa shape index (κ3) is 3.17. The van der Waals surface area contributed by atoms with Gasteiger partial charge < -0.3 is 9.84 Å². The summed E-state index contributed by atoms with van der Waals surface area (Å²) in [5, 5.41) is 10.8. The summed E-state index contributed by atoms with van der Waals surface area (Å²) in [7, 11) is 1.03. The topological polar surface area (TPSA) is 46.5 Å². The van der Waals surface area contributed by atoms with Gasteiger partial charge in [-0.25, -0.2) is 8.78 Å². The van der Waals surface area contributed by atoms with E-state index in [2.05, 4.69) is 20.7 Å². The molecule has 0 aromatic heterocycles. The zero-order valence-electron chi connectivity index (χ0n) is 11.4. The fourth-order valence-corrected chi connectivity index (χ4v) is 2.45. The van der Waals surface area contributed by atoms with Gasteiger partial charge in [0.25, 0.3) is 6.43 Å². The third-order valence-electron chi connectivity index (χ3n) is 3.37. The lowest BCUT2D eigenvalue weighted by atomic mass is 9.73. The highest BCUT2D eigenvalue weighted by Crippen LogP contribution is 2.41. The van der Waals surface area contributed by atoms with Crippen molar-refractivity contribution in [3.63, 3.8) is 0 Å². The predicted molar refractivity (Wildman–Crippen MR) is 74.4 cm³/mol. The fraction of sp³-hybridized carbons (Fsp3) is 0.500. The second-order valence-electron chi connectivity index (χ2n) is 4.82. The van der Waals surface area contributed by atoms with Crippen LogP contribution >= 0.6 is 15.9 Å². The molecular formula is C14H17BrF2O3. The predicted octanol–water partition coefficient (Wildman–Crippen LogP) is 3.35. The molecule has 0 saturated heterocycles. The maximum absolute atomic E-state index is 13.3. The Labute approximate surface area is 125 Å². The first-order chi connectivity index (χ1) is 9.25. The summed E-state index contributed by atoms with van der Waals surface area (Å²) in [4.78, 5) is 11.7. The number of hydrogen-bond donors (Lipinski definition) is 1. The summed E-state index contributed by atoms with van der Waals surface area (Å²) >= 11 is 3.24. The van der Waals surface area contributed by atoms with Gasteiger partial charge in [-0.2, -0.15) is 0 Å². The molecule has 1 aromatic carbocycles. The quantitative estimate of drug-likeness (QED) is 0.828. The number of hydrogen-bond acceptors (Lipinski definition) is 3. The monoisotopic (exact) mass is 350 g/mol. The molecule has 112 valence electrons. The first-order valence-corrected chi connectivity index (χ1v) is 6.88. The Kier molecular flexibility index (Phi) is 5.65. The van der Waals surface area contributed by atoms with Gasteiger partial charge >= 0.3 is 5.97 Å². The molecule has 6 heteroatoms. The summed E-state index contributed by atoms with van der Waals surface area (Å²) in [5.74, 6) is -3.66. The molecule has 0 aliphatic heterocycles. The van der Waals surface area contributed by atoms with E-state index in [1.807, 2.05) is 0 Å². The number of benzene rings is 1. The molecule has 0 fully saturated rings. The number of halogens is 3. The van der Waals surface area contributed by atoms with Crippen LogP contribution in [0.5, 0.6) is 0 Å². The van der Waals surface area contributed by atoms with E-state index in [1.165, 1.54) is 12.1 Å². The Bertz CT molecular complexity index is 462. The third-order valence-corrected chi connectivity index (χ3v) is 3.90. The van der Waals surface area contributed by atoms with E-state index in [-0.39, 0.29) is 5.56 Å².